The first-order valence-corrected chi connectivity index (χ1v) is 3.58. The lowest BCUT2D eigenvalue weighted by Gasteiger charge is -2.06. The average Bonchev–Trinajstić information content (AvgIpc) is 1.85. The second-order valence-electron chi connectivity index (χ2n) is 2.72. The summed E-state index contributed by atoms with van der Waals surface area (Å²) in [5, 5.41) is 3.69. The summed E-state index contributed by atoms with van der Waals surface area (Å²) in [6, 6.07) is 0. The third kappa shape index (κ3) is 9.17. The molecule has 11 heavy (non-hydrogen) atoms. The third-order valence-electron chi connectivity index (χ3n) is 0.977. The van der Waals surface area contributed by atoms with Crippen LogP contribution in [0.2, 0.25) is 0 Å². The van der Waals surface area contributed by atoms with Crippen LogP contribution in [0.3, 0.4) is 0 Å². The van der Waals surface area contributed by atoms with E-state index in [2.05, 4.69) is 11.7 Å². The van der Waals surface area contributed by atoms with Crippen molar-refractivity contribution in [3.8, 4) is 0 Å². The highest BCUT2D eigenvalue weighted by Crippen LogP contribution is 1.82. The average molecular weight is 156 g/mol. The summed E-state index contributed by atoms with van der Waals surface area (Å²) < 4.78 is 0. The van der Waals surface area contributed by atoms with Crippen molar-refractivity contribution in [2.45, 2.75) is 6.92 Å². The Morgan fingerprint density at radius 1 is 1.64 bits per heavy atom. The molecule has 0 saturated heterocycles. The lowest BCUT2D eigenvalue weighted by atomic mass is 10.4. The summed E-state index contributed by atoms with van der Waals surface area (Å²) in [4.78, 5) is 6.96. The molecule has 64 valence electrons. The van der Waals surface area contributed by atoms with Crippen molar-refractivity contribution in [2.75, 3.05) is 27.2 Å². The van der Waals surface area contributed by atoms with Gasteiger partial charge in [0.25, 0.3) is 0 Å². The van der Waals surface area contributed by atoms with Gasteiger partial charge in [0.05, 0.1) is 6.21 Å². The van der Waals surface area contributed by atoms with Gasteiger partial charge in [-0.15, -0.1) is 0 Å². The van der Waals surface area contributed by atoms with Gasteiger partial charge in [0, 0.05) is 6.54 Å². The predicted molar refractivity (Wildman–Crippen MR) is 47.8 cm³/mol. The topological polar surface area (TPSA) is 24.8 Å². The zero-order valence-electron chi connectivity index (χ0n) is 7.50. The minimum atomic E-state index is 0.622. The molecule has 0 aliphatic heterocycles. The van der Waals surface area contributed by atoms with E-state index in [1.165, 1.54) is 0 Å². The zero-order valence-corrected chi connectivity index (χ0v) is 7.50. The maximum atomic E-state index is 4.92. The number of rotatable bonds is 5. The molecule has 0 saturated carbocycles. The van der Waals surface area contributed by atoms with Crippen LogP contribution in [0.5, 0.6) is 0 Å². The monoisotopic (exact) mass is 156 g/mol. The van der Waals surface area contributed by atoms with Gasteiger partial charge in [-0.1, -0.05) is 11.7 Å². The van der Waals surface area contributed by atoms with E-state index in [4.69, 9.17) is 4.84 Å². The minimum absolute atomic E-state index is 0.622. The number of hydrogen-bond donors (Lipinski definition) is 0. The number of likely N-dealkylation sites (N-methyl/N-ethyl adjacent to an activating group) is 1. The zero-order chi connectivity index (χ0) is 8.69. The van der Waals surface area contributed by atoms with Crippen LogP contribution >= 0.6 is 0 Å². The SMILES string of the molecule is C=C(C)C=NOCCN(C)C. The van der Waals surface area contributed by atoms with Crippen LogP contribution in [0.25, 0.3) is 0 Å². The summed E-state index contributed by atoms with van der Waals surface area (Å²) in [6.07, 6.45) is 1.61. The van der Waals surface area contributed by atoms with Gasteiger partial charge in [0.15, 0.2) is 0 Å². The van der Waals surface area contributed by atoms with Crippen molar-refractivity contribution < 1.29 is 4.84 Å². The van der Waals surface area contributed by atoms with Crippen LogP contribution in [0.4, 0.5) is 0 Å². The summed E-state index contributed by atoms with van der Waals surface area (Å²) in [6.45, 7) is 7.03. The Morgan fingerprint density at radius 3 is 2.73 bits per heavy atom. The molecular formula is C8H16N2O. The van der Waals surface area contributed by atoms with E-state index < -0.39 is 0 Å². The number of hydrogen-bond acceptors (Lipinski definition) is 3. The second kappa shape index (κ2) is 5.92. The molecular weight excluding hydrogens is 140 g/mol. The maximum Gasteiger partial charge on any atom is 0.129 e. The van der Waals surface area contributed by atoms with Crippen molar-refractivity contribution >= 4 is 6.21 Å². The van der Waals surface area contributed by atoms with Gasteiger partial charge in [-0.2, -0.15) is 0 Å². The third-order valence-corrected chi connectivity index (χ3v) is 0.977. The highest BCUT2D eigenvalue weighted by molar-refractivity contribution is 5.75. The highest BCUT2D eigenvalue weighted by atomic mass is 16.6. The van der Waals surface area contributed by atoms with Crippen molar-refractivity contribution in [3.05, 3.63) is 12.2 Å². The first-order valence-electron chi connectivity index (χ1n) is 3.58. The molecule has 0 aliphatic carbocycles. The van der Waals surface area contributed by atoms with E-state index >= 15 is 0 Å². The van der Waals surface area contributed by atoms with Crippen LogP contribution in [0.15, 0.2) is 17.3 Å². The molecule has 3 nitrogen and oxygen atoms in total. The first-order chi connectivity index (χ1) is 5.13. The van der Waals surface area contributed by atoms with E-state index in [1.807, 2.05) is 25.9 Å². The molecule has 0 aromatic heterocycles. The summed E-state index contributed by atoms with van der Waals surface area (Å²) >= 11 is 0. The molecule has 0 aromatic rings. The summed E-state index contributed by atoms with van der Waals surface area (Å²) in [7, 11) is 3.98. The molecule has 3 heteroatoms. The van der Waals surface area contributed by atoms with Gasteiger partial charge < -0.3 is 9.74 Å². The molecule has 0 aromatic carbocycles. The molecule has 0 radical (unpaired) electrons. The number of oxime groups is 1. The number of allylic oxidation sites excluding steroid dienone is 1. The van der Waals surface area contributed by atoms with E-state index in [9.17, 15) is 0 Å². The van der Waals surface area contributed by atoms with Crippen molar-refractivity contribution in [3.63, 3.8) is 0 Å². The Balaban J connectivity index is 3.21. The molecule has 0 fully saturated rings. The van der Waals surface area contributed by atoms with Gasteiger partial charge in [0.1, 0.15) is 6.61 Å². The molecule has 0 rings (SSSR count). The molecule has 0 amide bonds. The molecule has 0 atom stereocenters. The highest BCUT2D eigenvalue weighted by Gasteiger charge is 1.87. The Hall–Kier alpha value is -0.830. The van der Waals surface area contributed by atoms with Crippen LogP contribution in [0.1, 0.15) is 6.92 Å². The fourth-order valence-corrected chi connectivity index (χ4v) is 0.403. The van der Waals surface area contributed by atoms with Gasteiger partial charge in [-0.3, -0.25) is 0 Å². The fraction of sp³-hybridized carbons (Fsp3) is 0.625. The van der Waals surface area contributed by atoms with E-state index in [0.29, 0.717) is 6.61 Å². The maximum absolute atomic E-state index is 4.92. The molecule has 0 bridgehead atoms. The van der Waals surface area contributed by atoms with Crippen LogP contribution < -0.4 is 0 Å². The smallest absolute Gasteiger partial charge is 0.129 e. The van der Waals surface area contributed by atoms with Crippen molar-refractivity contribution in [2.24, 2.45) is 5.16 Å². The Labute approximate surface area is 68.3 Å². The van der Waals surface area contributed by atoms with Gasteiger partial charge in [-0.05, 0) is 26.6 Å². The molecule has 0 aliphatic rings. The van der Waals surface area contributed by atoms with Crippen molar-refractivity contribution in [1.82, 2.24) is 4.90 Å². The Morgan fingerprint density at radius 2 is 2.27 bits per heavy atom. The minimum Gasteiger partial charge on any atom is -0.394 e. The van der Waals surface area contributed by atoms with E-state index in [0.717, 1.165) is 12.1 Å². The molecule has 0 N–H and O–H groups in total. The van der Waals surface area contributed by atoms with Crippen LogP contribution in [0, 0.1) is 0 Å². The largest absolute Gasteiger partial charge is 0.394 e. The lowest BCUT2D eigenvalue weighted by Crippen LogP contribution is -2.16. The molecule has 0 unspecified atom stereocenters. The van der Waals surface area contributed by atoms with E-state index in [-0.39, 0.29) is 0 Å². The second-order valence-corrected chi connectivity index (χ2v) is 2.72. The van der Waals surface area contributed by atoms with Gasteiger partial charge in [0.2, 0.25) is 0 Å². The normalized spacial score (nSPS) is 10.9. The fourth-order valence-electron chi connectivity index (χ4n) is 0.403. The van der Waals surface area contributed by atoms with E-state index in [1.54, 1.807) is 6.21 Å². The quantitative estimate of drug-likeness (QED) is 0.338. The first kappa shape index (κ1) is 10.2. The predicted octanol–water partition coefficient (Wildman–Crippen LogP) is 1.13. The standard InChI is InChI=1S/C8H16N2O/c1-8(2)7-9-11-6-5-10(3)4/h7H,1,5-6H2,2-4H3. The van der Waals surface area contributed by atoms with Crippen molar-refractivity contribution in [1.29, 1.82) is 0 Å². The van der Waals surface area contributed by atoms with Crippen LogP contribution in [-0.2, 0) is 4.84 Å². The van der Waals surface area contributed by atoms with Crippen LogP contribution in [-0.4, -0.2) is 38.4 Å². The summed E-state index contributed by atoms with van der Waals surface area (Å²) in [5.41, 5.74) is 0.898. The molecule has 0 spiro atoms. The Bertz CT molecular complexity index is 141. The van der Waals surface area contributed by atoms with Gasteiger partial charge in [-0.25, -0.2) is 0 Å². The lowest BCUT2D eigenvalue weighted by molar-refractivity contribution is 0.127. The Kier molecular flexibility index (Phi) is 5.47. The summed E-state index contributed by atoms with van der Waals surface area (Å²) in [5.74, 6) is 0. The molecule has 0 heterocycles. The van der Waals surface area contributed by atoms with Gasteiger partial charge >= 0.3 is 0 Å². The number of nitrogens with zero attached hydrogens (tertiary/aromatic N) is 2.